The fraction of sp³-hybridized carbons (Fsp3) is 0.222. The van der Waals surface area contributed by atoms with Gasteiger partial charge in [0, 0.05) is 11.3 Å². The van der Waals surface area contributed by atoms with Crippen LogP contribution in [0.1, 0.15) is 47.1 Å². The van der Waals surface area contributed by atoms with Crippen LogP contribution < -0.4 is 16.6 Å². The summed E-state index contributed by atoms with van der Waals surface area (Å²) >= 11 is 0. The quantitative estimate of drug-likeness (QED) is 0.589. The van der Waals surface area contributed by atoms with Gasteiger partial charge < -0.3 is 5.73 Å². The van der Waals surface area contributed by atoms with Gasteiger partial charge in [-0.1, -0.05) is 45.0 Å². The van der Waals surface area contributed by atoms with Crippen LogP contribution in [0.2, 0.25) is 0 Å². The van der Waals surface area contributed by atoms with Gasteiger partial charge in [0.25, 0.3) is 11.8 Å². The van der Waals surface area contributed by atoms with E-state index in [4.69, 9.17) is 5.73 Å². The summed E-state index contributed by atoms with van der Waals surface area (Å²) < 4.78 is 0. The van der Waals surface area contributed by atoms with Crippen molar-refractivity contribution in [1.29, 1.82) is 0 Å². The van der Waals surface area contributed by atoms with Gasteiger partial charge in [-0.25, -0.2) is 0 Å². The molecular weight excluding hydrogens is 290 g/mol. The molecule has 0 aliphatic rings. The third-order valence-corrected chi connectivity index (χ3v) is 3.51. The number of nitrogens with one attached hydrogen (secondary N) is 2. The highest BCUT2D eigenvalue weighted by atomic mass is 16.2. The standard InChI is InChI=1S/C18H21N3O2/c1-18(2,3)13-10-8-12(9-11-13)16(22)20-21-17(23)14-6-4-5-7-15(14)19/h4-11H,19H2,1-3H3,(H,20,22)(H,21,23). The zero-order chi connectivity index (χ0) is 17.0. The van der Waals surface area contributed by atoms with Crippen LogP contribution in [0, 0.1) is 0 Å². The van der Waals surface area contributed by atoms with E-state index in [2.05, 4.69) is 31.6 Å². The fourth-order valence-electron chi connectivity index (χ4n) is 2.08. The van der Waals surface area contributed by atoms with E-state index in [1.165, 1.54) is 0 Å². The first-order valence-electron chi connectivity index (χ1n) is 7.35. The van der Waals surface area contributed by atoms with Crippen molar-refractivity contribution < 1.29 is 9.59 Å². The van der Waals surface area contributed by atoms with Gasteiger partial charge in [0.15, 0.2) is 0 Å². The second kappa shape index (κ2) is 6.52. The van der Waals surface area contributed by atoms with Crippen molar-refractivity contribution >= 4 is 17.5 Å². The summed E-state index contributed by atoms with van der Waals surface area (Å²) in [6.07, 6.45) is 0. The Bertz CT molecular complexity index is 716. The summed E-state index contributed by atoms with van der Waals surface area (Å²) in [5.74, 6) is -0.837. The van der Waals surface area contributed by atoms with E-state index in [0.717, 1.165) is 5.56 Å². The monoisotopic (exact) mass is 311 g/mol. The lowest BCUT2D eigenvalue weighted by Gasteiger charge is -2.19. The lowest BCUT2D eigenvalue weighted by Crippen LogP contribution is -2.41. The molecule has 0 atom stereocenters. The molecule has 0 aliphatic carbocycles. The predicted molar refractivity (Wildman–Crippen MR) is 90.9 cm³/mol. The number of anilines is 1. The SMILES string of the molecule is CC(C)(C)c1ccc(C(=O)NNC(=O)c2ccccc2N)cc1. The molecule has 4 N–H and O–H groups in total. The molecule has 0 unspecified atom stereocenters. The molecule has 2 amide bonds. The zero-order valence-electron chi connectivity index (χ0n) is 13.5. The molecule has 5 nitrogen and oxygen atoms in total. The van der Waals surface area contributed by atoms with Crippen LogP contribution in [0.15, 0.2) is 48.5 Å². The average molecular weight is 311 g/mol. The molecule has 0 fully saturated rings. The Hall–Kier alpha value is -2.82. The molecule has 2 aromatic rings. The number of nitrogen functional groups attached to an aromatic ring is 1. The number of hydrogen-bond donors (Lipinski definition) is 3. The minimum absolute atomic E-state index is 0.0219. The van der Waals surface area contributed by atoms with Gasteiger partial charge in [0.1, 0.15) is 0 Å². The van der Waals surface area contributed by atoms with E-state index in [1.54, 1.807) is 36.4 Å². The molecule has 0 saturated heterocycles. The van der Waals surface area contributed by atoms with Crippen molar-refractivity contribution in [3.05, 3.63) is 65.2 Å². The zero-order valence-corrected chi connectivity index (χ0v) is 13.5. The highest BCUT2D eigenvalue weighted by molar-refractivity contribution is 6.01. The molecule has 2 rings (SSSR count). The van der Waals surface area contributed by atoms with Crippen LogP contribution in [0.5, 0.6) is 0 Å². The molecule has 0 saturated carbocycles. The minimum Gasteiger partial charge on any atom is -0.398 e. The first kappa shape index (κ1) is 16.5. The first-order valence-corrected chi connectivity index (χ1v) is 7.35. The number of amides is 2. The fourth-order valence-corrected chi connectivity index (χ4v) is 2.08. The van der Waals surface area contributed by atoms with E-state index >= 15 is 0 Å². The van der Waals surface area contributed by atoms with Crippen LogP contribution in [0.3, 0.4) is 0 Å². The Morgan fingerprint density at radius 2 is 1.43 bits per heavy atom. The molecule has 0 radical (unpaired) electrons. The van der Waals surface area contributed by atoms with E-state index in [0.29, 0.717) is 16.8 Å². The summed E-state index contributed by atoms with van der Waals surface area (Å²) in [5, 5.41) is 0. The van der Waals surface area contributed by atoms with Crippen molar-refractivity contribution in [2.45, 2.75) is 26.2 Å². The normalized spacial score (nSPS) is 10.9. The van der Waals surface area contributed by atoms with Gasteiger partial charge in [-0.3, -0.25) is 20.4 Å². The smallest absolute Gasteiger partial charge is 0.271 e. The number of hydrazine groups is 1. The van der Waals surface area contributed by atoms with Crippen LogP contribution >= 0.6 is 0 Å². The molecule has 5 heteroatoms. The minimum atomic E-state index is -0.456. The number of nitrogens with two attached hydrogens (primary N) is 1. The molecule has 0 heterocycles. The maximum absolute atomic E-state index is 12.1. The number of benzene rings is 2. The molecule has 2 aromatic carbocycles. The van der Waals surface area contributed by atoms with Gasteiger partial charge >= 0.3 is 0 Å². The van der Waals surface area contributed by atoms with Crippen molar-refractivity contribution in [3.63, 3.8) is 0 Å². The number of carbonyl (C=O) groups is 2. The highest BCUT2D eigenvalue weighted by Gasteiger charge is 2.15. The van der Waals surface area contributed by atoms with Gasteiger partial charge in [0.2, 0.25) is 0 Å². The second-order valence-electron chi connectivity index (χ2n) is 6.32. The van der Waals surface area contributed by atoms with Crippen LogP contribution in [-0.4, -0.2) is 11.8 Å². The number of rotatable bonds is 2. The largest absolute Gasteiger partial charge is 0.398 e. The Balaban J connectivity index is 2.00. The second-order valence-corrected chi connectivity index (χ2v) is 6.32. The van der Waals surface area contributed by atoms with E-state index in [1.807, 2.05) is 12.1 Å². The Labute approximate surface area is 135 Å². The highest BCUT2D eigenvalue weighted by Crippen LogP contribution is 2.22. The van der Waals surface area contributed by atoms with Crippen LogP contribution in [0.25, 0.3) is 0 Å². The van der Waals surface area contributed by atoms with Crippen molar-refractivity contribution in [2.75, 3.05) is 5.73 Å². The van der Waals surface area contributed by atoms with E-state index in [9.17, 15) is 9.59 Å². The molecule has 0 bridgehead atoms. The third-order valence-electron chi connectivity index (χ3n) is 3.51. The van der Waals surface area contributed by atoms with E-state index < -0.39 is 5.91 Å². The molecule has 0 aromatic heterocycles. The molecule has 23 heavy (non-hydrogen) atoms. The molecule has 0 spiro atoms. The lowest BCUT2D eigenvalue weighted by atomic mass is 9.87. The van der Waals surface area contributed by atoms with Gasteiger partial charge in [-0.2, -0.15) is 0 Å². The summed E-state index contributed by atoms with van der Waals surface area (Å²) in [6, 6.07) is 14.0. The Morgan fingerprint density at radius 3 is 2.00 bits per heavy atom. The molecule has 120 valence electrons. The van der Waals surface area contributed by atoms with Gasteiger partial charge in [-0.15, -0.1) is 0 Å². The summed E-state index contributed by atoms with van der Waals surface area (Å²) in [6.45, 7) is 6.31. The molecular formula is C18H21N3O2. The summed E-state index contributed by atoms with van der Waals surface area (Å²) in [5.41, 5.74) is 12.8. The Morgan fingerprint density at radius 1 is 0.870 bits per heavy atom. The van der Waals surface area contributed by atoms with Crippen LogP contribution in [0.4, 0.5) is 5.69 Å². The number of hydrogen-bond acceptors (Lipinski definition) is 3. The van der Waals surface area contributed by atoms with Crippen molar-refractivity contribution in [1.82, 2.24) is 10.9 Å². The van der Waals surface area contributed by atoms with Crippen molar-refractivity contribution in [3.8, 4) is 0 Å². The third kappa shape index (κ3) is 4.10. The van der Waals surface area contributed by atoms with Crippen molar-refractivity contribution in [2.24, 2.45) is 0 Å². The summed E-state index contributed by atoms with van der Waals surface area (Å²) in [4.78, 5) is 24.1. The van der Waals surface area contributed by atoms with Gasteiger partial charge in [-0.05, 0) is 35.2 Å². The maximum atomic E-state index is 12.1. The first-order chi connectivity index (χ1) is 10.8. The predicted octanol–water partition coefficient (Wildman–Crippen LogP) is 2.64. The maximum Gasteiger partial charge on any atom is 0.271 e. The number of para-hydroxylation sites is 1. The van der Waals surface area contributed by atoms with E-state index in [-0.39, 0.29) is 11.3 Å². The van der Waals surface area contributed by atoms with Gasteiger partial charge in [0.05, 0.1) is 5.56 Å². The average Bonchev–Trinajstić information content (AvgIpc) is 2.52. The molecule has 0 aliphatic heterocycles. The topological polar surface area (TPSA) is 84.2 Å². The lowest BCUT2D eigenvalue weighted by molar-refractivity contribution is 0.0847. The Kier molecular flexibility index (Phi) is 4.69. The van der Waals surface area contributed by atoms with Crippen LogP contribution in [-0.2, 0) is 5.41 Å². The summed E-state index contributed by atoms with van der Waals surface area (Å²) in [7, 11) is 0. The number of carbonyl (C=O) groups excluding carboxylic acids is 2.